The SMILES string of the molecule is CCNCc1ccc(C(=O)Nc2ccc(F)cc2)cc1. The maximum absolute atomic E-state index is 12.8. The molecule has 0 atom stereocenters. The Labute approximate surface area is 117 Å². The Morgan fingerprint density at radius 2 is 1.70 bits per heavy atom. The van der Waals surface area contributed by atoms with Gasteiger partial charge in [0, 0.05) is 17.8 Å². The zero-order valence-electron chi connectivity index (χ0n) is 11.3. The Morgan fingerprint density at radius 1 is 1.05 bits per heavy atom. The summed E-state index contributed by atoms with van der Waals surface area (Å²) in [5, 5.41) is 5.95. The minimum absolute atomic E-state index is 0.202. The van der Waals surface area contributed by atoms with Gasteiger partial charge in [0.2, 0.25) is 0 Å². The number of carbonyl (C=O) groups is 1. The number of amides is 1. The fourth-order valence-corrected chi connectivity index (χ4v) is 1.78. The highest BCUT2D eigenvalue weighted by atomic mass is 19.1. The Morgan fingerprint density at radius 3 is 2.30 bits per heavy atom. The molecule has 0 spiro atoms. The first-order valence-corrected chi connectivity index (χ1v) is 6.55. The van der Waals surface area contributed by atoms with Crippen LogP contribution in [0.5, 0.6) is 0 Å². The Kier molecular flexibility index (Phi) is 4.85. The summed E-state index contributed by atoms with van der Waals surface area (Å²) in [6.45, 7) is 3.74. The van der Waals surface area contributed by atoms with Crippen LogP contribution in [0.2, 0.25) is 0 Å². The molecule has 4 heteroatoms. The molecule has 0 saturated heterocycles. The lowest BCUT2D eigenvalue weighted by Gasteiger charge is -2.06. The van der Waals surface area contributed by atoms with Gasteiger partial charge in [-0.1, -0.05) is 19.1 Å². The molecule has 0 unspecified atom stereocenters. The highest BCUT2D eigenvalue weighted by Crippen LogP contribution is 2.11. The van der Waals surface area contributed by atoms with Gasteiger partial charge in [-0.05, 0) is 48.5 Å². The van der Waals surface area contributed by atoms with Gasteiger partial charge in [-0.2, -0.15) is 0 Å². The maximum atomic E-state index is 12.8. The third-order valence-corrected chi connectivity index (χ3v) is 2.90. The standard InChI is InChI=1S/C16H17FN2O/c1-2-18-11-12-3-5-13(6-4-12)16(20)19-15-9-7-14(17)8-10-15/h3-10,18H,2,11H2,1H3,(H,19,20). The minimum atomic E-state index is -0.323. The van der Waals surface area contributed by atoms with Crippen LogP contribution in [0.25, 0.3) is 0 Å². The van der Waals surface area contributed by atoms with Crippen LogP contribution >= 0.6 is 0 Å². The van der Waals surface area contributed by atoms with Crippen molar-refractivity contribution in [1.82, 2.24) is 5.32 Å². The summed E-state index contributed by atoms with van der Waals surface area (Å²) in [4.78, 5) is 12.0. The largest absolute Gasteiger partial charge is 0.322 e. The molecule has 20 heavy (non-hydrogen) atoms. The van der Waals surface area contributed by atoms with E-state index >= 15 is 0 Å². The molecule has 0 aliphatic rings. The number of carbonyl (C=O) groups excluding carboxylic acids is 1. The molecular formula is C16H17FN2O. The lowest BCUT2D eigenvalue weighted by molar-refractivity contribution is 0.102. The van der Waals surface area contributed by atoms with E-state index < -0.39 is 0 Å². The number of halogens is 1. The van der Waals surface area contributed by atoms with Crippen molar-refractivity contribution in [2.75, 3.05) is 11.9 Å². The van der Waals surface area contributed by atoms with E-state index in [1.54, 1.807) is 12.1 Å². The van der Waals surface area contributed by atoms with Gasteiger partial charge < -0.3 is 10.6 Å². The summed E-state index contributed by atoms with van der Waals surface area (Å²) < 4.78 is 12.8. The fourth-order valence-electron chi connectivity index (χ4n) is 1.78. The summed E-state index contributed by atoms with van der Waals surface area (Å²) in [6, 6.07) is 13.1. The molecule has 0 aromatic heterocycles. The molecule has 0 radical (unpaired) electrons. The van der Waals surface area contributed by atoms with Crippen LogP contribution in [0.1, 0.15) is 22.8 Å². The number of anilines is 1. The van der Waals surface area contributed by atoms with Crippen LogP contribution in [0, 0.1) is 5.82 Å². The highest BCUT2D eigenvalue weighted by Gasteiger charge is 2.06. The molecule has 2 rings (SSSR count). The predicted octanol–water partition coefficient (Wildman–Crippen LogP) is 3.19. The molecular weight excluding hydrogens is 255 g/mol. The number of hydrogen-bond acceptors (Lipinski definition) is 2. The van der Waals surface area contributed by atoms with E-state index in [1.165, 1.54) is 24.3 Å². The van der Waals surface area contributed by atoms with Gasteiger partial charge in [-0.25, -0.2) is 4.39 Å². The van der Waals surface area contributed by atoms with Crippen molar-refractivity contribution in [3.05, 3.63) is 65.5 Å². The second-order valence-corrected chi connectivity index (χ2v) is 4.44. The quantitative estimate of drug-likeness (QED) is 0.877. The van der Waals surface area contributed by atoms with E-state index in [9.17, 15) is 9.18 Å². The number of benzene rings is 2. The zero-order chi connectivity index (χ0) is 14.4. The number of rotatable bonds is 5. The van der Waals surface area contributed by atoms with E-state index in [0.717, 1.165) is 18.7 Å². The van der Waals surface area contributed by atoms with Gasteiger partial charge in [-0.15, -0.1) is 0 Å². The molecule has 104 valence electrons. The van der Waals surface area contributed by atoms with Gasteiger partial charge in [0.15, 0.2) is 0 Å². The fraction of sp³-hybridized carbons (Fsp3) is 0.188. The average molecular weight is 272 g/mol. The van der Waals surface area contributed by atoms with E-state index in [2.05, 4.69) is 10.6 Å². The minimum Gasteiger partial charge on any atom is -0.322 e. The topological polar surface area (TPSA) is 41.1 Å². The molecule has 0 saturated carbocycles. The molecule has 3 nitrogen and oxygen atoms in total. The maximum Gasteiger partial charge on any atom is 0.255 e. The predicted molar refractivity (Wildman–Crippen MR) is 78.2 cm³/mol. The van der Waals surface area contributed by atoms with Crippen LogP contribution in [0.4, 0.5) is 10.1 Å². The van der Waals surface area contributed by atoms with Crippen molar-refractivity contribution in [1.29, 1.82) is 0 Å². The third-order valence-electron chi connectivity index (χ3n) is 2.90. The molecule has 0 heterocycles. The van der Waals surface area contributed by atoms with E-state index in [0.29, 0.717) is 11.3 Å². The summed E-state index contributed by atoms with van der Waals surface area (Å²) >= 11 is 0. The number of hydrogen-bond donors (Lipinski definition) is 2. The first kappa shape index (κ1) is 14.2. The molecule has 0 bridgehead atoms. The Balaban J connectivity index is 2.00. The molecule has 2 aromatic carbocycles. The molecule has 0 aliphatic heterocycles. The van der Waals surface area contributed by atoms with Crippen molar-refractivity contribution in [2.45, 2.75) is 13.5 Å². The van der Waals surface area contributed by atoms with E-state index in [4.69, 9.17) is 0 Å². The molecule has 0 fully saturated rings. The molecule has 2 N–H and O–H groups in total. The highest BCUT2D eigenvalue weighted by molar-refractivity contribution is 6.04. The average Bonchev–Trinajstić information content (AvgIpc) is 2.48. The zero-order valence-corrected chi connectivity index (χ0v) is 11.3. The normalized spacial score (nSPS) is 10.3. The van der Waals surface area contributed by atoms with Crippen LogP contribution in [0.15, 0.2) is 48.5 Å². The van der Waals surface area contributed by atoms with Crippen LogP contribution < -0.4 is 10.6 Å². The Hall–Kier alpha value is -2.20. The van der Waals surface area contributed by atoms with Crippen molar-refractivity contribution in [2.24, 2.45) is 0 Å². The van der Waals surface area contributed by atoms with Gasteiger partial charge >= 0.3 is 0 Å². The van der Waals surface area contributed by atoms with Gasteiger partial charge in [0.25, 0.3) is 5.91 Å². The van der Waals surface area contributed by atoms with Crippen molar-refractivity contribution >= 4 is 11.6 Å². The van der Waals surface area contributed by atoms with Crippen LogP contribution in [-0.4, -0.2) is 12.5 Å². The summed E-state index contributed by atoms with van der Waals surface area (Å²) in [5.41, 5.74) is 2.29. The molecule has 1 amide bonds. The van der Waals surface area contributed by atoms with Crippen molar-refractivity contribution in [3.8, 4) is 0 Å². The lowest BCUT2D eigenvalue weighted by atomic mass is 10.1. The lowest BCUT2D eigenvalue weighted by Crippen LogP contribution is -2.13. The van der Waals surface area contributed by atoms with Gasteiger partial charge in [0.1, 0.15) is 5.82 Å². The summed E-state index contributed by atoms with van der Waals surface area (Å²) in [5.74, 6) is -0.526. The smallest absolute Gasteiger partial charge is 0.255 e. The monoisotopic (exact) mass is 272 g/mol. The van der Waals surface area contributed by atoms with Crippen molar-refractivity contribution < 1.29 is 9.18 Å². The summed E-state index contributed by atoms with van der Waals surface area (Å²) in [6.07, 6.45) is 0. The van der Waals surface area contributed by atoms with Gasteiger partial charge in [0.05, 0.1) is 0 Å². The van der Waals surface area contributed by atoms with Gasteiger partial charge in [-0.3, -0.25) is 4.79 Å². The van der Waals surface area contributed by atoms with Crippen molar-refractivity contribution in [3.63, 3.8) is 0 Å². The molecule has 0 aliphatic carbocycles. The number of nitrogens with one attached hydrogen (secondary N) is 2. The van der Waals surface area contributed by atoms with E-state index in [1.807, 2.05) is 19.1 Å². The Bertz CT molecular complexity index is 564. The second kappa shape index (κ2) is 6.82. The second-order valence-electron chi connectivity index (χ2n) is 4.44. The van der Waals surface area contributed by atoms with Crippen LogP contribution in [-0.2, 0) is 6.54 Å². The molecule has 2 aromatic rings. The first-order valence-electron chi connectivity index (χ1n) is 6.55. The first-order chi connectivity index (χ1) is 9.69. The van der Waals surface area contributed by atoms with E-state index in [-0.39, 0.29) is 11.7 Å². The third kappa shape index (κ3) is 3.90. The summed E-state index contributed by atoms with van der Waals surface area (Å²) in [7, 11) is 0. The van der Waals surface area contributed by atoms with Crippen LogP contribution in [0.3, 0.4) is 0 Å².